The molecule has 0 aromatic rings. The number of amides is 1. The third-order valence-electron chi connectivity index (χ3n) is 6.23. The van der Waals surface area contributed by atoms with Crippen molar-refractivity contribution in [2.45, 2.75) is 137 Å². The number of rotatable bonds is 21. The summed E-state index contributed by atoms with van der Waals surface area (Å²) in [6.45, 7) is 11.8. The van der Waals surface area contributed by atoms with E-state index in [9.17, 15) is 4.79 Å². The van der Waals surface area contributed by atoms with Gasteiger partial charge in [0.05, 0.1) is 13.1 Å². The Morgan fingerprint density at radius 1 is 0.571 bits per heavy atom. The number of unbranched alkanes of at least 4 members (excludes halogenated alkanes) is 14. The molecule has 0 rings (SSSR count). The van der Waals surface area contributed by atoms with Crippen LogP contribution in [-0.2, 0) is 4.79 Å². The van der Waals surface area contributed by atoms with Crippen LogP contribution in [0.1, 0.15) is 137 Å². The second kappa shape index (κ2) is 19.7. The zero-order valence-corrected chi connectivity index (χ0v) is 20.0. The maximum absolute atomic E-state index is 12.3. The lowest BCUT2D eigenvalue weighted by Gasteiger charge is -2.35. The minimum Gasteiger partial charge on any atom is -0.270 e. The zero-order valence-electron chi connectivity index (χ0n) is 20.0. The van der Waals surface area contributed by atoms with Gasteiger partial charge in [0.15, 0.2) is 0 Å². The minimum absolute atomic E-state index is 0.242. The second-order valence-corrected chi connectivity index (χ2v) is 8.74. The van der Waals surface area contributed by atoms with E-state index in [0.29, 0.717) is 6.42 Å². The van der Waals surface area contributed by atoms with Crippen LogP contribution in [0.4, 0.5) is 0 Å². The Bertz CT molecular complexity index is 339. The normalized spacial score (nSPS) is 11.7. The third-order valence-corrected chi connectivity index (χ3v) is 6.23. The molecule has 0 bridgehead atoms. The molecule has 0 spiro atoms. The lowest BCUT2D eigenvalue weighted by Crippen LogP contribution is -2.60. The van der Waals surface area contributed by atoms with Gasteiger partial charge in [0.25, 0.3) is 5.91 Å². The average molecular weight is 398 g/mol. The van der Waals surface area contributed by atoms with Crippen molar-refractivity contribution in [3.63, 3.8) is 0 Å². The lowest BCUT2D eigenvalue weighted by molar-refractivity contribution is -0.958. The summed E-state index contributed by atoms with van der Waals surface area (Å²) < 4.78 is 0.744. The molecule has 168 valence electrons. The van der Waals surface area contributed by atoms with Crippen molar-refractivity contribution in [3.05, 3.63) is 0 Å². The van der Waals surface area contributed by atoms with Crippen LogP contribution in [0.2, 0.25) is 0 Å². The first-order valence-electron chi connectivity index (χ1n) is 12.8. The predicted octanol–water partition coefficient (Wildman–Crippen LogP) is 7.55. The number of quaternary nitrogens is 1. The van der Waals surface area contributed by atoms with Gasteiger partial charge in [-0.1, -0.05) is 104 Å². The van der Waals surface area contributed by atoms with E-state index in [4.69, 9.17) is 0 Å². The van der Waals surface area contributed by atoms with E-state index < -0.39 is 0 Å². The average Bonchev–Trinajstić information content (AvgIpc) is 2.70. The molecule has 1 N–H and O–H groups in total. The first-order chi connectivity index (χ1) is 13.6. The highest BCUT2D eigenvalue weighted by atomic mass is 16.2. The summed E-state index contributed by atoms with van der Waals surface area (Å²) in [4.78, 5) is 12.3. The van der Waals surface area contributed by atoms with E-state index in [-0.39, 0.29) is 5.91 Å². The molecular formula is C25H53N2O+. The standard InChI is InChI=1S/C25H52N2O/c1-5-9-10-11-12-13-14-15-16-17-18-19-20-21-22-23-25(28)26-27(7-3,8-4)24-6-2/h5-24H2,1-4H3/p+1. The summed E-state index contributed by atoms with van der Waals surface area (Å²) in [6.07, 6.45) is 22.3. The van der Waals surface area contributed by atoms with Gasteiger partial charge >= 0.3 is 0 Å². The quantitative estimate of drug-likeness (QED) is 0.121. The topological polar surface area (TPSA) is 29.1 Å². The van der Waals surface area contributed by atoms with Crippen molar-refractivity contribution < 1.29 is 9.39 Å². The Labute approximate surface area is 177 Å². The van der Waals surface area contributed by atoms with E-state index in [2.05, 4.69) is 33.1 Å². The Balaban J connectivity index is 3.44. The highest BCUT2D eigenvalue weighted by Gasteiger charge is 2.24. The van der Waals surface area contributed by atoms with E-state index in [0.717, 1.165) is 37.1 Å². The number of carbonyl (C=O) groups excluding carboxylic acids is 1. The Kier molecular flexibility index (Phi) is 19.3. The Hall–Kier alpha value is -0.570. The van der Waals surface area contributed by atoms with Crippen LogP contribution in [-0.4, -0.2) is 30.1 Å². The van der Waals surface area contributed by atoms with Crippen molar-refractivity contribution in [3.8, 4) is 0 Å². The van der Waals surface area contributed by atoms with Crippen LogP contribution in [0, 0.1) is 0 Å². The molecule has 0 aromatic carbocycles. The minimum atomic E-state index is 0.242. The molecule has 0 saturated carbocycles. The monoisotopic (exact) mass is 397 g/mol. The van der Waals surface area contributed by atoms with Crippen molar-refractivity contribution in [2.24, 2.45) is 0 Å². The van der Waals surface area contributed by atoms with E-state index in [1.54, 1.807) is 0 Å². The van der Waals surface area contributed by atoms with Gasteiger partial charge in [-0.2, -0.15) is 0 Å². The molecular weight excluding hydrogens is 344 g/mol. The fourth-order valence-corrected chi connectivity index (χ4v) is 4.16. The van der Waals surface area contributed by atoms with Gasteiger partial charge in [0, 0.05) is 6.42 Å². The van der Waals surface area contributed by atoms with Crippen molar-refractivity contribution in [1.29, 1.82) is 0 Å². The van der Waals surface area contributed by atoms with Crippen LogP contribution in [0.25, 0.3) is 0 Å². The fourth-order valence-electron chi connectivity index (χ4n) is 4.16. The van der Waals surface area contributed by atoms with Gasteiger partial charge in [-0.3, -0.25) is 4.79 Å². The smallest absolute Gasteiger partial charge is 0.264 e. The molecule has 0 aliphatic rings. The summed E-state index contributed by atoms with van der Waals surface area (Å²) in [5, 5.41) is 0. The molecule has 0 radical (unpaired) electrons. The number of hydrogen-bond donors (Lipinski definition) is 1. The third kappa shape index (κ3) is 15.4. The molecule has 0 heterocycles. The largest absolute Gasteiger partial charge is 0.270 e. The summed E-state index contributed by atoms with van der Waals surface area (Å²) in [7, 11) is 0. The Morgan fingerprint density at radius 3 is 1.32 bits per heavy atom. The van der Waals surface area contributed by atoms with Gasteiger partial charge in [0.2, 0.25) is 0 Å². The number of nitrogens with zero attached hydrogens (tertiary/aromatic N) is 1. The van der Waals surface area contributed by atoms with Crippen LogP contribution < -0.4 is 5.43 Å². The van der Waals surface area contributed by atoms with E-state index in [1.807, 2.05) is 0 Å². The summed E-state index contributed by atoms with van der Waals surface area (Å²) in [5.74, 6) is 0.242. The maximum Gasteiger partial charge on any atom is 0.264 e. The van der Waals surface area contributed by atoms with Crippen LogP contribution >= 0.6 is 0 Å². The fraction of sp³-hybridized carbons (Fsp3) is 0.960. The SMILES string of the molecule is CCCCCCCCCCCCCCCCCC(=O)N[N+](CC)(CC)CCC. The maximum atomic E-state index is 12.3. The molecule has 0 fully saturated rings. The predicted molar refractivity (Wildman–Crippen MR) is 124 cm³/mol. The van der Waals surface area contributed by atoms with Crippen molar-refractivity contribution >= 4 is 5.91 Å². The molecule has 0 unspecified atom stereocenters. The van der Waals surface area contributed by atoms with Gasteiger partial charge in [-0.15, -0.1) is 0 Å². The van der Waals surface area contributed by atoms with E-state index in [1.165, 1.54) is 89.9 Å². The zero-order chi connectivity index (χ0) is 20.9. The van der Waals surface area contributed by atoms with E-state index >= 15 is 0 Å². The van der Waals surface area contributed by atoms with Gasteiger partial charge in [-0.25, -0.2) is 10.0 Å². The molecule has 0 aliphatic carbocycles. The Morgan fingerprint density at radius 2 is 0.964 bits per heavy atom. The van der Waals surface area contributed by atoms with Crippen molar-refractivity contribution in [1.82, 2.24) is 5.43 Å². The van der Waals surface area contributed by atoms with Crippen molar-refractivity contribution in [2.75, 3.05) is 19.6 Å². The molecule has 1 amide bonds. The highest BCUT2D eigenvalue weighted by Crippen LogP contribution is 2.14. The first-order valence-corrected chi connectivity index (χ1v) is 12.8. The summed E-state index contributed by atoms with van der Waals surface area (Å²) in [5.41, 5.74) is 3.28. The molecule has 3 heteroatoms. The number of carbonyl (C=O) groups is 1. The molecule has 3 nitrogen and oxygen atoms in total. The van der Waals surface area contributed by atoms with Gasteiger partial charge in [-0.05, 0) is 26.7 Å². The summed E-state index contributed by atoms with van der Waals surface area (Å²) >= 11 is 0. The lowest BCUT2D eigenvalue weighted by atomic mass is 10.0. The van der Waals surface area contributed by atoms with Crippen LogP contribution in [0.5, 0.6) is 0 Å². The molecule has 0 atom stereocenters. The van der Waals surface area contributed by atoms with Crippen LogP contribution in [0.3, 0.4) is 0 Å². The highest BCUT2D eigenvalue weighted by molar-refractivity contribution is 5.74. The molecule has 28 heavy (non-hydrogen) atoms. The number of nitrogens with one attached hydrogen (secondary N) is 1. The molecule has 0 aromatic heterocycles. The molecule has 0 saturated heterocycles. The van der Waals surface area contributed by atoms with Crippen LogP contribution in [0.15, 0.2) is 0 Å². The first kappa shape index (κ1) is 27.4. The molecule has 0 aliphatic heterocycles. The summed E-state index contributed by atoms with van der Waals surface area (Å²) in [6, 6.07) is 0. The second-order valence-electron chi connectivity index (χ2n) is 8.74. The number of hydrogen-bond acceptors (Lipinski definition) is 1. The van der Waals surface area contributed by atoms with Gasteiger partial charge in [0.1, 0.15) is 6.54 Å². The van der Waals surface area contributed by atoms with Gasteiger partial charge < -0.3 is 0 Å².